The maximum Gasteiger partial charge on any atom is 0.240 e. The van der Waals surface area contributed by atoms with Crippen molar-refractivity contribution in [3.05, 3.63) is 30.1 Å². The summed E-state index contributed by atoms with van der Waals surface area (Å²) in [7, 11) is -3.57. The summed E-state index contributed by atoms with van der Waals surface area (Å²) in [6, 6.07) is 4.67. The molecule has 0 bridgehead atoms. The molecule has 18 heavy (non-hydrogen) atoms. The highest BCUT2D eigenvalue weighted by Crippen LogP contribution is 2.09. The van der Waals surface area contributed by atoms with Crippen LogP contribution in [0.5, 0.6) is 0 Å². The number of ether oxygens (including phenoxy) is 1. The van der Waals surface area contributed by atoms with Crippen molar-refractivity contribution in [3.8, 4) is 0 Å². The normalized spacial score (nSPS) is 11.7. The van der Waals surface area contributed by atoms with Crippen LogP contribution in [0.1, 0.15) is 6.42 Å². The van der Waals surface area contributed by atoms with E-state index in [2.05, 4.69) is 4.72 Å². The van der Waals surface area contributed by atoms with Gasteiger partial charge in [0, 0.05) is 19.7 Å². The molecule has 0 saturated carbocycles. The molecule has 3 N–H and O–H groups in total. The molecule has 7 heteroatoms. The predicted octanol–water partition coefficient (Wildman–Crippen LogP) is 0.469. The molecule has 0 atom stereocenters. The van der Waals surface area contributed by atoms with Crippen LogP contribution in [0.3, 0.4) is 0 Å². The Balaban J connectivity index is 2.38. The quantitative estimate of drug-likeness (QED) is 0.676. The first-order valence-corrected chi connectivity index (χ1v) is 7.07. The Morgan fingerprint density at radius 2 is 1.89 bits per heavy atom. The van der Waals surface area contributed by atoms with Gasteiger partial charge >= 0.3 is 0 Å². The average Bonchev–Trinajstić information content (AvgIpc) is 2.34. The molecule has 0 aliphatic carbocycles. The van der Waals surface area contributed by atoms with Crippen LogP contribution in [0.25, 0.3) is 0 Å². The van der Waals surface area contributed by atoms with E-state index in [1.54, 1.807) is 0 Å². The second kappa shape index (κ2) is 7.42. The topological polar surface area (TPSA) is 81.4 Å². The first-order valence-electron chi connectivity index (χ1n) is 5.59. The van der Waals surface area contributed by atoms with E-state index >= 15 is 0 Å². The summed E-state index contributed by atoms with van der Waals surface area (Å²) in [5, 5.41) is 0. The molecule has 0 fully saturated rings. The maximum atomic E-state index is 12.7. The van der Waals surface area contributed by atoms with E-state index in [0.717, 1.165) is 12.1 Å². The lowest BCUT2D eigenvalue weighted by atomic mass is 10.4. The lowest BCUT2D eigenvalue weighted by Gasteiger charge is -2.07. The van der Waals surface area contributed by atoms with Crippen LogP contribution < -0.4 is 10.5 Å². The van der Waals surface area contributed by atoms with Crippen molar-refractivity contribution < 1.29 is 17.5 Å². The summed E-state index contributed by atoms with van der Waals surface area (Å²) in [5.74, 6) is -0.468. The SMILES string of the molecule is NCCOCCCNS(=O)(=O)c1ccc(F)cc1. The molecule has 0 radical (unpaired) electrons. The number of benzene rings is 1. The van der Waals surface area contributed by atoms with Crippen LogP contribution in [0.15, 0.2) is 29.2 Å². The van der Waals surface area contributed by atoms with E-state index in [1.807, 2.05) is 0 Å². The van der Waals surface area contributed by atoms with Gasteiger partial charge in [-0.15, -0.1) is 0 Å². The van der Waals surface area contributed by atoms with Crippen molar-refractivity contribution in [1.29, 1.82) is 0 Å². The van der Waals surface area contributed by atoms with Crippen molar-refractivity contribution in [1.82, 2.24) is 4.72 Å². The zero-order valence-corrected chi connectivity index (χ0v) is 10.7. The standard InChI is InChI=1S/C11H17FN2O3S/c12-10-2-4-11(5-3-10)18(15,16)14-7-1-8-17-9-6-13/h2-5,14H,1,6-9,13H2. The highest BCUT2D eigenvalue weighted by molar-refractivity contribution is 7.89. The molecule has 5 nitrogen and oxygen atoms in total. The Hall–Kier alpha value is -1.02. The lowest BCUT2D eigenvalue weighted by molar-refractivity contribution is 0.140. The Morgan fingerprint density at radius 3 is 2.50 bits per heavy atom. The van der Waals surface area contributed by atoms with Crippen molar-refractivity contribution in [2.75, 3.05) is 26.3 Å². The van der Waals surface area contributed by atoms with Gasteiger partial charge in [-0.25, -0.2) is 17.5 Å². The fraction of sp³-hybridized carbons (Fsp3) is 0.455. The number of hydrogen-bond donors (Lipinski definition) is 2. The Bertz CT molecular complexity index is 448. The van der Waals surface area contributed by atoms with Crippen molar-refractivity contribution in [3.63, 3.8) is 0 Å². The average molecular weight is 276 g/mol. The second-order valence-corrected chi connectivity index (χ2v) is 5.37. The van der Waals surface area contributed by atoms with Gasteiger partial charge in [-0.1, -0.05) is 0 Å². The zero-order chi connectivity index (χ0) is 13.4. The summed E-state index contributed by atoms with van der Waals surface area (Å²) in [5.41, 5.74) is 5.23. The molecule has 1 aromatic carbocycles. The molecule has 0 spiro atoms. The van der Waals surface area contributed by atoms with E-state index < -0.39 is 15.8 Å². The molecule has 0 saturated heterocycles. The number of hydrogen-bond acceptors (Lipinski definition) is 4. The summed E-state index contributed by atoms with van der Waals surface area (Å²) < 4.78 is 43.7. The minimum Gasteiger partial charge on any atom is -0.380 e. The Kier molecular flexibility index (Phi) is 6.20. The molecule has 0 aliphatic rings. The van der Waals surface area contributed by atoms with Gasteiger partial charge in [0.05, 0.1) is 11.5 Å². The second-order valence-electron chi connectivity index (χ2n) is 3.61. The summed E-state index contributed by atoms with van der Waals surface area (Å²) >= 11 is 0. The van der Waals surface area contributed by atoms with Gasteiger partial charge in [-0.2, -0.15) is 0 Å². The van der Waals surface area contributed by atoms with Crippen LogP contribution in [0.2, 0.25) is 0 Å². The monoisotopic (exact) mass is 276 g/mol. The Labute approximate surface area is 106 Å². The third-order valence-electron chi connectivity index (χ3n) is 2.14. The van der Waals surface area contributed by atoms with Gasteiger partial charge < -0.3 is 10.5 Å². The summed E-state index contributed by atoms with van der Waals surface area (Å²) in [6.07, 6.45) is 0.556. The molecule has 0 heterocycles. The third kappa shape index (κ3) is 5.09. The number of sulfonamides is 1. The summed E-state index contributed by atoms with van der Waals surface area (Å²) in [4.78, 5) is 0.0479. The molecular weight excluding hydrogens is 259 g/mol. The van der Waals surface area contributed by atoms with Gasteiger partial charge in [0.25, 0.3) is 0 Å². The Morgan fingerprint density at radius 1 is 1.22 bits per heavy atom. The molecule has 0 aliphatic heterocycles. The van der Waals surface area contributed by atoms with Crippen molar-refractivity contribution in [2.24, 2.45) is 5.73 Å². The van der Waals surface area contributed by atoms with Crippen LogP contribution >= 0.6 is 0 Å². The van der Waals surface area contributed by atoms with E-state index in [-0.39, 0.29) is 11.4 Å². The van der Waals surface area contributed by atoms with E-state index in [9.17, 15) is 12.8 Å². The molecule has 1 aromatic rings. The minimum atomic E-state index is -3.57. The smallest absolute Gasteiger partial charge is 0.240 e. The van der Waals surface area contributed by atoms with E-state index in [0.29, 0.717) is 26.2 Å². The van der Waals surface area contributed by atoms with Crippen LogP contribution in [0, 0.1) is 5.82 Å². The minimum absolute atomic E-state index is 0.0479. The van der Waals surface area contributed by atoms with Crippen LogP contribution in [-0.4, -0.2) is 34.7 Å². The van der Waals surface area contributed by atoms with Gasteiger partial charge in [0.15, 0.2) is 0 Å². The number of halogens is 1. The highest BCUT2D eigenvalue weighted by Gasteiger charge is 2.12. The molecule has 0 unspecified atom stereocenters. The fourth-order valence-electron chi connectivity index (χ4n) is 1.26. The molecule has 1 rings (SSSR count). The van der Waals surface area contributed by atoms with E-state index in [4.69, 9.17) is 10.5 Å². The summed E-state index contributed by atoms with van der Waals surface area (Å²) in [6.45, 7) is 1.62. The van der Waals surface area contributed by atoms with E-state index in [1.165, 1.54) is 12.1 Å². The lowest BCUT2D eigenvalue weighted by Crippen LogP contribution is -2.25. The first-order chi connectivity index (χ1) is 8.56. The van der Waals surface area contributed by atoms with Crippen LogP contribution in [0.4, 0.5) is 4.39 Å². The third-order valence-corrected chi connectivity index (χ3v) is 3.62. The molecule has 0 aromatic heterocycles. The van der Waals surface area contributed by atoms with Gasteiger partial charge in [-0.3, -0.25) is 0 Å². The van der Waals surface area contributed by atoms with Crippen molar-refractivity contribution >= 4 is 10.0 Å². The first kappa shape index (κ1) is 15.0. The van der Waals surface area contributed by atoms with Crippen LogP contribution in [-0.2, 0) is 14.8 Å². The largest absolute Gasteiger partial charge is 0.380 e. The predicted molar refractivity (Wildman–Crippen MR) is 66.1 cm³/mol. The number of nitrogens with one attached hydrogen (secondary N) is 1. The number of rotatable bonds is 8. The molecular formula is C11H17FN2O3S. The fourth-order valence-corrected chi connectivity index (χ4v) is 2.34. The molecule has 102 valence electrons. The van der Waals surface area contributed by atoms with Gasteiger partial charge in [0.1, 0.15) is 5.82 Å². The highest BCUT2D eigenvalue weighted by atomic mass is 32.2. The van der Waals surface area contributed by atoms with Gasteiger partial charge in [0.2, 0.25) is 10.0 Å². The number of nitrogens with two attached hydrogens (primary N) is 1. The zero-order valence-electron chi connectivity index (χ0n) is 9.93. The van der Waals surface area contributed by atoms with Gasteiger partial charge in [-0.05, 0) is 30.7 Å². The van der Waals surface area contributed by atoms with Crippen molar-refractivity contribution in [2.45, 2.75) is 11.3 Å². The maximum absolute atomic E-state index is 12.7. The molecule has 0 amide bonds.